The van der Waals surface area contributed by atoms with E-state index in [4.69, 9.17) is 0 Å². The van der Waals surface area contributed by atoms with Gasteiger partial charge in [-0.2, -0.15) is 0 Å². The normalized spacial score (nSPS) is 18.6. The third-order valence-electron chi connectivity index (χ3n) is 2.57. The van der Waals surface area contributed by atoms with Crippen LogP contribution in [0.4, 0.5) is 11.4 Å². The van der Waals surface area contributed by atoms with Gasteiger partial charge in [0.15, 0.2) is 0 Å². The first kappa shape index (κ1) is 11.8. The molecule has 1 aromatic carbocycles. The molecule has 4 nitrogen and oxygen atoms in total. The van der Waals surface area contributed by atoms with Gasteiger partial charge in [0.1, 0.15) is 6.04 Å². The van der Waals surface area contributed by atoms with Crippen LogP contribution in [0.1, 0.15) is 20.8 Å². The first-order valence-corrected chi connectivity index (χ1v) is 5.87. The van der Waals surface area contributed by atoms with Gasteiger partial charge in [0.2, 0.25) is 5.91 Å². The fourth-order valence-electron chi connectivity index (χ4n) is 1.83. The van der Waals surface area contributed by atoms with Gasteiger partial charge in [0, 0.05) is 12.1 Å². The van der Waals surface area contributed by atoms with Crippen molar-refractivity contribution < 1.29 is 4.79 Å². The number of anilines is 2. The van der Waals surface area contributed by atoms with Crippen LogP contribution in [0.5, 0.6) is 0 Å². The standard InChI is InChI=1S/C13H19N3O/c1-13(2,3)16-12(17)11-8-14-9-6-4-5-7-10(9)15-11/h4-7,11,14-15H,8H2,1-3H3,(H,16,17). The lowest BCUT2D eigenvalue weighted by molar-refractivity contribution is -0.123. The van der Waals surface area contributed by atoms with E-state index in [2.05, 4.69) is 16.0 Å². The molecule has 1 atom stereocenters. The van der Waals surface area contributed by atoms with Crippen LogP contribution in [-0.4, -0.2) is 24.0 Å². The third-order valence-corrected chi connectivity index (χ3v) is 2.57. The molecular formula is C13H19N3O. The summed E-state index contributed by atoms with van der Waals surface area (Å²) >= 11 is 0. The number of rotatable bonds is 1. The number of hydrogen-bond donors (Lipinski definition) is 3. The molecule has 1 aliphatic heterocycles. The number of nitrogens with one attached hydrogen (secondary N) is 3. The van der Waals surface area contributed by atoms with Crippen molar-refractivity contribution >= 4 is 17.3 Å². The smallest absolute Gasteiger partial charge is 0.244 e. The summed E-state index contributed by atoms with van der Waals surface area (Å²) in [5.41, 5.74) is 1.83. The fourth-order valence-corrected chi connectivity index (χ4v) is 1.83. The van der Waals surface area contributed by atoms with Gasteiger partial charge in [-0.05, 0) is 32.9 Å². The van der Waals surface area contributed by atoms with E-state index in [1.165, 1.54) is 0 Å². The molecule has 0 saturated heterocycles. The van der Waals surface area contributed by atoms with Crippen LogP contribution in [0, 0.1) is 0 Å². The highest BCUT2D eigenvalue weighted by molar-refractivity contribution is 5.89. The molecule has 0 radical (unpaired) electrons. The molecule has 0 bridgehead atoms. The van der Waals surface area contributed by atoms with E-state index in [0.29, 0.717) is 6.54 Å². The minimum atomic E-state index is -0.218. The Bertz CT molecular complexity index is 423. The SMILES string of the molecule is CC(C)(C)NC(=O)C1CNc2ccccc2N1. The molecule has 0 saturated carbocycles. The molecule has 0 aromatic heterocycles. The lowest BCUT2D eigenvalue weighted by Crippen LogP contribution is -2.51. The Labute approximate surface area is 102 Å². The monoisotopic (exact) mass is 233 g/mol. The average molecular weight is 233 g/mol. The van der Waals surface area contributed by atoms with Gasteiger partial charge in [-0.25, -0.2) is 0 Å². The van der Waals surface area contributed by atoms with Gasteiger partial charge in [0.05, 0.1) is 11.4 Å². The molecule has 1 aliphatic rings. The zero-order valence-electron chi connectivity index (χ0n) is 10.5. The topological polar surface area (TPSA) is 53.2 Å². The van der Waals surface area contributed by atoms with Crippen LogP contribution < -0.4 is 16.0 Å². The molecule has 1 amide bonds. The predicted molar refractivity (Wildman–Crippen MR) is 70.2 cm³/mol. The first-order valence-electron chi connectivity index (χ1n) is 5.87. The van der Waals surface area contributed by atoms with Gasteiger partial charge >= 0.3 is 0 Å². The Morgan fingerprint density at radius 1 is 1.29 bits per heavy atom. The van der Waals surface area contributed by atoms with Crippen LogP contribution in [-0.2, 0) is 4.79 Å². The number of hydrogen-bond acceptors (Lipinski definition) is 3. The second-order valence-electron chi connectivity index (χ2n) is 5.36. The van der Waals surface area contributed by atoms with Gasteiger partial charge in [0.25, 0.3) is 0 Å². The number of amides is 1. The number of carbonyl (C=O) groups excluding carboxylic acids is 1. The number of carbonyl (C=O) groups is 1. The van der Waals surface area contributed by atoms with Crippen LogP contribution in [0.25, 0.3) is 0 Å². The maximum atomic E-state index is 12.0. The first-order chi connectivity index (χ1) is 7.96. The van der Waals surface area contributed by atoms with Crippen LogP contribution >= 0.6 is 0 Å². The number of fused-ring (bicyclic) bond motifs is 1. The van der Waals surface area contributed by atoms with E-state index in [0.717, 1.165) is 11.4 Å². The second kappa shape index (κ2) is 4.28. The summed E-state index contributed by atoms with van der Waals surface area (Å²) in [6, 6.07) is 7.68. The lowest BCUT2D eigenvalue weighted by Gasteiger charge is -2.30. The van der Waals surface area contributed by atoms with E-state index in [-0.39, 0.29) is 17.5 Å². The van der Waals surface area contributed by atoms with Crippen molar-refractivity contribution in [1.29, 1.82) is 0 Å². The highest BCUT2D eigenvalue weighted by Crippen LogP contribution is 2.25. The van der Waals surface area contributed by atoms with E-state index < -0.39 is 0 Å². The van der Waals surface area contributed by atoms with E-state index in [1.54, 1.807) is 0 Å². The summed E-state index contributed by atoms with van der Waals surface area (Å²) in [6.07, 6.45) is 0. The predicted octanol–water partition coefficient (Wildman–Crippen LogP) is 1.81. The third kappa shape index (κ3) is 2.90. The zero-order valence-corrected chi connectivity index (χ0v) is 10.5. The highest BCUT2D eigenvalue weighted by atomic mass is 16.2. The molecule has 0 spiro atoms. The Hall–Kier alpha value is -1.71. The Morgan fingerprint density at radius 2 is 1.94 bits per heavy atom. The summed E-state index contributed by atoms with van der Waals surface area (Å²) in [5.74, 6) is 0.0273. The lowest BCUT2D eigenvalue weighted by atomic mass is 10.1. The molecule has 1 aromatic rings. The van der Waals surface area contributed by atoms with Gasteiger partial charge < -0.3 is 16.0 Å². The van der Waals surface area contributed by atoms with Crippen molar-refractivity contribution in [3.63, 3.8) is 0 Å². The molecule has 4 heteroatoms. The minimum Gasteiger partial charge on any atom is -0.381 e. The van der Waals surface area contributed by atoms with Crippen molar-refractivity contribution in [2.24, 2.45) is 0 Å². The van der Waals surface area contributed by atoms with Gasteiger partial charge in [-0.15, -0.1) is 0 Å². The summed E-state index contributed by atoms with van der Waals surface area (Å²) < 4.78 is 0. The number of benzene rings is 1. The van der Waals surface area contributed by atoms with Crippen molar-refractivity contribution in [3.8, 4) is 0 Å². The Balaban J connectivity index is 2.05. The molecule has 0 fully saturated rings. The highest BCUT2D eigenvalue weighted by Gasteiger charge is 2.25. The quantitative estimate of drug-likeness (QED) is 0.693. The maximum absolute atomic E-state index is 12.0. The van der Waals surface area contributed by atoms with Crippen molar-refractivity contribution in [2.45, 2.75) is 32.4 Å². The van der Waals surface area contributed by atoms with Gasteiger partial charge in [-0.1, -0.05) is 12.1 Å². The summed E-state index contributed by atoms with van der Waals surface area (Å²) in [4.78, 5) is 12.0. The van der Waals surface area contributed by atoms with Crippen LogP contribution in [0.3, 0.4) is 0 Å². The van der Waals surface area contributed by atoms with Gasteiger partial charge in [-0.3, -0.25) is 4.79 Å². The van der Waals surface area contributed by atoms with E-state index >= 15 is 0 Å². The summed E-state index contributed by atoms with van der Waals surface area (Å²) in [6.45, 7) is 6.55. The molecule has 1 unspecified atom stereocenters. The van der Waals surface area contributed by atoms with E-state index in [1.807, 2.05) is 45.0 Å². The number of para-hydroxylation sites is 2. The molecule has 17 heavy (non-hydrogen) atoms. The second-order valence-corrected chi connectivity index (χ2v) is 5.36. The average Bonchev–Trinajstić information content (AvgIpc) is 2.26. The molecule has 0 aliphatic carbocycles. The Kier molecular flexibility index (Phi) is 2.96. The van der Waals surface area contributed by atoms with Crippen LogP contribution in [0.2, 0.25) is 0 Å². The molecular weight excluding hydrogens is 214 g/mol. The minimum absolute atomic E-state index is 0.0273. The van der Waals surface area contributed by atoms with Crippen LogP contribution in [0.15, 0.2) is 24.3 Å². The Morgan fingerprint density at radius 3 is 2.59 bits per heavy atom. The molecule has 92 valence electrons. The summed E-state index contributed by atoms with van der Waals surface area (Å²) in [5, 5.41) is 9.48. The van der Waals surface area contributed by atoms with E-state index in [9.17, 15) is 4.79 Å². The largest absolute Gasteiger partial charge is 0.381 e. The van der Waals surface area contributed by atoms with Crippen molar-refractivity contribution in [3.05, 3.63) is 24.3 Å². The fraction of sp³-hybridized carbons (Fsp3) is 0.462. The summed E-state index contributed by atoms with van der Waals surface area (Å²) in [7, 11) is 0. The zero-order chi connectivity index (χ0) is 12.5. The van der Waals surface area contributed by atoms with Crippen molar-refractivity contribution in [2.75, 3.05) is 17.2 Å². The molecule has 1 heterocycles. The molecule has 2 rings (SSSR count). The van der Waals surface area contributed by atoms with Crippen molar-refractivity contribution in [1.82, 2.24) is 5.32 Å². The molecule has 3 N–H and O–H groups in total. The maximum Gasteiger partial charge on any atom is 0.244 e.